The highest BCUT2D eigenvalue weighted by Gasteiger charge is 2.39. The molecule has 0 fully saturated rings. The van der Waals surface area contributed by atoms with Crippen molar-refractivity contribution in [1.82, 2.24) is 15.0 Å². The van der Waals surface area contributed by atoms with Crippen molar-refractivity contribution < 1.29 is 4.42 Å². The van der Waals surface area contributed by atoms with Gasteiger partial charge >= 0.3 is 0 Å². The molecule has 0 aliphatic heterocycles. The number of para-hydroxylation sites is 1. The molecule has 11 aromatic rings. The average molecular weight is 716 g/mol. The zero-order chi connectivity index (χ0) is 37.1. The first-order valence-electron chi connectivity index (χ1n) is 19.2. The van der Waals surface area contributed by atoms with E-state index in [4.69, 9.17) is 19.4 Å². The Kier molecular flexibility index (Phi) is 6.37. The van der Waals surface area contributed by atoms with Crippen LogP contribution in [0.3, 0.4) is 0 Å². The molecule has 4 heteroatoms. The van der Waals surface area contributed by atoms with Crippen LogP contribution in [-0.4, -0.2) is 15.0 Å². The second-order valence-electron chi connectivity index (χ2n) is 15.6. The van der Waals surface area contributed by atoms with E-state index in [2.05, 4.69) is 172 Å². The minimum atomic E-state index is -0.256. The summed E-state index contributed by atoms with van der Waals surface area (Å²) in [6.07, 6.45) is 0. The van der Waals surface area contributed by atoms with Crippen molar-refractivity contribution in [3.63, 3.8) is 0 Å². The largest absolute Gasteiger partial charge is 0.455 e. The molecule has 0 amide bonds. The lowest BCUT2D eigenvalue weighted by Crippen LogP contribution is -2.15. The van der Waals surface area contributed by atoms with Gasteiger partial charge in [-0.25, -0.2) is 15.0 Å². The number of rotatable bonds is 3. The molecule has 9 aromatic carbocycles. The van der Waals surface area contributed by atoms with E-state index < -0.39 is 0 Å². The molecular weight excluding hydrogens is 683 g/mol. The van der Waals surface area contributed by atoms with Crippen LogP contribution in [0.25, 0.3) is 110 Å². The van der Waals surface area contributed by atoms with Crippen LogP contribution in [-0.2, 0) is 5.41 Å². The van der Waals surface area contributed by atoms with Gasteiger partial charge in [0.25, 0.3) is 0 Å². The highest BCUT2D eigenvalue weighted by Crippen LogP contribution is 2.54. The van der Waals surface area contributed by atoms with Crippen LogP contribution >= 0.6 is 0 Å². The van der Waals surface area contributed by atoms with E-state index in [0.29, 0.717) is 17.5 Å². The first kappa shape index (κ1) is 31.2. The molecule has 0 saturated heterocycles. The fourth-order valence-electron chi connectivity index (χ4n) is 9.27. The molecule has 2 heterocycles. The van der Waals surface area contributed by atoms with Crippen molar-refractivity contribution in [1.29, 1.82) is 0 Å². The SMILES string of the molecule is CC1(C)c2ccccc2-c2c1cc(-c1nc(-c3ccc4ccccc4c3)nc(-c3ccc4ccc5c6ccccc6ccc5c4c3)n1)c1c2oc2ccccc21. The highest BCUT2D eigenvalue weighted by atomic mass is 16.3. The first-order valence-corrected chi connectivity index (χ1v) is 19.2. The topological polar surface area (TPSA) is 51.8 Å². The van der Waals surface area contributed by atoms with E-state index in [9.17, 15) is 0 Å². The molecule has 1 aliphatic carbocycles. The number of hydrogen-bond donors (Lipinski definition) is 0. The molecule has 0 radical (unpaired) electrons. The van der Waals surface area contributed by atoms with E-state index >= 15 is 0 Å². The standard InChI is InChI=1S/C52H33N3O/c1-52(2)43-17-9-7-15-39(43)47-44(52)29-42(46-40-16-8-10-18-45(40)56-48(46)47)51-54-49(34-21-19-30-11-3-4-13-33(30)27-34)53-50(55-51)35-22-20-32-24-25-37-36-14-6-5-12-31(36)23-26-38(37)41(32)28-35/h3-29H,1-2H3. The van der Waals surface area contributed by atoms with Crippen LogP contribution < -0.4 is 0 Å². The van der Waals surface area contributed by atoms with Gasteiger partial charge in [0.15, 0.2) is 17.5 Å². The number of nitrogens with zero attached hydrogens (tertiary/aromatic N) is 3. The Hall–Kier alpha value is -7.17. The number of hydrogen-bond acceptors (Lipinski definition) is 4. The van der Waals surface area contributed by atoms with Crippen molar-refractivity contribution in [3.05, 3.63) is 175 Å². The summed E-state index contributed by atoms with van der Waals surface area (Å²) in [5.41, 5.74) is 9.14. The van der Waals surface area contributed by atoms with Crippen LogP contribution in [0, 0.1) is 0 Å². The maximum absolute atomic E-state index is 6.83. The second kappa shape index (κ2) is 11.4. The number of aromatic nitrogens is 3. The summed E-state index contributed by atoms with van der Waals surface area (Å²) in [5.74, 6) is 1.87. The maximum Gasteiger partial charge on any atom is 0.164 e. The fraction of sp³-hybridized carbons (Fsp3) is 0.0577. The summed E-state index contributed by atoms with van der Waals surface area (Å²) in [6.45, 7) is 4.61. The summed E-state index contributed by atoms with van der Waals surface area (Å²) < 4.78 is 6.83. The van der Waals surface area contributed by atoms with Crippen LogP contribution in [0.1, 0.15) is 25.0 Å². The van der Waals surface area contributed by atoms with Gasteiger partial charge in [-0.1, -0.05) is 153 Å². The molecule has 0 bridgehead atoms. The molecule has 0 atom stereocenters. The van der Waals surface area contributed by atoms with E-state index in [1.165, 1.54) is 54.4 Å². The smallest absolute Gasteiger partial charge is 0.164 e. The van der Waals surface area contributed by atoms with Gasteiger partial charge in [-0.3, -0.25) is 0 Å². The molecule has 0 saturated carbocycles. The predicted molar refractivity (Wildman–Crippen MR) is 231 cm³/mol. The third-order valence-corrected chi connectivity index (χ3v) is 12.1. The van der Waals surface area contributed by atoms with Crippen molar-refractivity contribution >= 4 is 65.0 Å². The van der Waals surface area contributed by atoms with Gasteiger partial charge in [-0.05, 0) is 84.0 Å². The molecule has 12 rings (SSSR count). The Morgan fingerprint density at radius 1 is 0.411 bits per heavy atom. The van der Waals surface area contributed by atoms with Crippen molar-refractivity contribution in [2.45, 2.75) is 19.3 Å². The summed E-state index contributed by atoms with van der Waals surface area (Å²) in [5, 5.41) is 11.6. The lowest BCUT2D eigenvalue weighted by Gasteiger charge is -2.22. The molecular formula is C52H33N3O. The minimum absolute atomic E-state index is 0.256. The van der Waals surface area contributed by atoms with Crippen LogP contribution in [0.4, 0.5) is 0 Å². The Balaban J connectivity index is 1.16. The fourth-order valence-corrected chi connectivity index (χ4v) is 9.27. The summed E-state index contributed by atoms with van der Waals surface area (Å²) in [7, 11) is 0. The molecule has 4 nitrogen and oxygen atoms in total. The lowest BCUT2D eigenvalue weighted by molar-refractivity contribution is 0.653. The van der Waals surface area contributed by atoms with Crippen molar-refractivity contribution in [3.8, 4) is 45.3 Å². The Morgan fingerprint density at radius 2 is 1.00 bits per heavy atom. The zero-order valence-corrected chi connectivity index (χ0v) is 30.8. The highest BCUT2D eigenvalue weighted by molar-refractivity contribution is 6.19. The monoisotopic (exact) mass is 715 g/mol. The van der Waals surface area contributed by atoms with E-state index in [-0.39, 0.29) is 5.41 Å². The van der Waals surface area contributed by atoms with E-state index in [1.807, 2.05) is 6.07 Å². The molecule has 2 aromatic heterocycles. The van der Waals surface area contributed by atoms with E-state index in [1.54, 1.807) is 0 Å². The third-order valence-electron chi connectivity index (χ3n) is 12.1. The first-order chi connectivity index (χ1) is 27.5. The normalized spacial score (nSPS) is 13.3. The van der Waals surface area contributed by atoms with E-state index in [0.717, 1.165) is 49.6 Å². The summed E-state index contributed by atoms with van der Waals surface area (Å²) in [6, 6.07) is 58.3. The molecule has 0 unspecified atom stereocenters. The van der Waals surface area contributed by atoms with Gasteiger partial charge in [0, 0.05) is 38.4 Å². The van der Waals surface area contributed by atoms with Gasteiger partial charge < -0.3 is 4.42 Å². The van der Waals surface area contributed by atoms with Crippen LogP contribution in [0.2, 0.25) is 0 Å². The van der Waals surface area contributed by atoms with Gasteiger partial charge in [-0.2, -0.15) is 0 Å². The van der Waals surface area contributed by atoms with Gasteiger partial charge in [0.1, 0.15) is 11.2 Å². The van der Waals surface area contributed by atoms with Crippen LogP contribution in [0.5, 0.6) is 0 Å². The lowest BCUT2D eigenvalue weighted by atomic mass is 9.81. The Morgan fingerprint density at radius 3 is 1.82 bits per heavy atom. The molecule has 1 aliphatic rings. The summed E-state index contributed by atoms with van der Waals surface area (Å²) >= 11 is 0. The molecule has 0 spiro atoms. The Bertz CT molecular complexity index is 3470. The molecule has 262 valence electrons. The second-order valence-corrected chi connectivity index (χ2v) is 15.6. The van der Waals surface area contributed by atoms with Gasteiger partial charge in [0.05, 0.1) is 0 Å². The minimum Gasteiger partial charge on any atom is -0.455 e. The third kappa shape index (κ3) is 4.44. The Labute approximate surface area is 322 Å². The number of benzene rings is 9. The zero-order valence-electron chi connectivity index (χ0n) is 30.8. The maximum atomic E-state index is 6.83. The van der Waals surface area contributed by atoms with Gasteiger partial charge in [0.2, 0.25) is 0 Å². The molecule has 0 N–H and O–H groups in total. The van der Waals surface area contributed by atoms with Crippen LogP contribution in [0.15, 0.2) is 168 Å². The average Bonchev–Trinajstić information content (AvgIpc) is 3.75. The quantitative estimate of drug-likeness (QED) is 0.171. The summed E-state index contributed by atoms with van der Waals surface area (Å²) in [4.78, 5) is 16.0. The predicted octanol–water partition coefficient (Wildman–Crippen LogP) is 13.7. The van der Waals surface area contributed by atoms with Crippen molar-refractivity contribution in [2.24, 2.45) is 0 Å². The molecule has 56 heavy (non-hydrogen) atoms. The number of fused-ring (bicyclic) bond motifs is 13. The van der Waals surface area contributed by atoms with Gasteiger partial charge in [-0.15, -0.1) is 0 Å². The van der Waals surface area contributed by atoms with Crippen molar-refractivity contribution in [2.75, 3.05) is 0 Å². The number of furan rings is 1.